The number of nitrogens with zero attached hydrogens (tertiary/aromatic N) is 1. The maximum Gasteiger partial charge on any atom is 0.291 e. The van der Waals surface area contributed by atoms with Gasteiger partial charge in [0.15, 0.2) is 5.76 Å². The van der Waals surface area contributed by atoms with Crippen molar-refractivity contribution in [1.29, 1.82) is 0 Å². The van der Waals surface area contributed by atoms with Gasteiger partial charge in [-0.25, -0.2) is 0 Å². The Labute approximate surface area is 156 Å². The first-order valence-corrected chi connectivity index (χ1v) is 10.0. The fourth-order valence-corrected chi connectivity index (χ4v) is 4.03. The number of hydrogen-bond donors (Lipinski definition) is 2. The molecule has 0 unspecified atom stereocenters. The first kappa shape index (κ1) is 17.3. The molecule has 2 fully saturated rings. The molecule has 2 amide bonds. The van der Waals surface area contributed by atoms with Crippen LogP contribution in [0.5, 0.6) is 0 Å². The van der Waals surface area contributed by atoms with Gasteiger partial charge in [0.25, 0.3) is 11.8 Å². The minimum atomic E-state index is -0.338. The molecular formula is C19H23N3O3S. The first-order chi connectivity index (χ1) is 12.7. The normalized spacial score (nSPS) is 18.1. The van der Waals surface area contributed by atoms with Crippen molar-refractivity contribution in [1.82, 2.24) is 10.2 Å². The summed E-state index contributed by atoms with van der Waals surface area (Å²) in [4.78, 5) is 26.9. The fourth-order valence-electron chi connectivity index (χ4n) is 3.26. The van der Waals surface area contributed by atoms with Crippen molar-refractivity contribution < 1.29 is 14.0 Å². The standard InChI is InChI=1S/C19H23N3O3S/c23-17(16-2-1-10-25-16)21-18-15(7-11-26-18)19(24)22-8-5-14(6-9-22)20-12-13-3-4-13/h1-2,7,10-11,13-14,20H,3-6,8-9,12H2,(H,21,23). The zero-order valence-electron chi connectivity index (χ0n) is 14.6. The number of hydrogen-bond acceptors (Lipinski definition) is 5. The summed E-state index contributed by atoms with van der Waals surface area (Å²) in [5.74, 6) is 0.760. The van der Waals surface area contributed by atoms with Gasteiger partial charge in [0, 0.05) is 19.1 Å². The number of carbonyl (C=O) groups is 2. The van der Waals surface area contributed by atoms with Gasteiger partial charge in [0.2, 0.25) is 0 Å². The number of piperidine rings is 1. The Morgan fingerprint density at radius 3 is 2.69 bits per heavy atom. The second kappa shape index (κ2) is 7.63. The number of furan rings is 1. The summed E-state index contributed by atoms with van der Waals surface area (Å²) >= 11 is 1.35. The van der Waals surface area contributed by atoms with Gasteiger partial charge in [-0.3, -0.25) is 9.59 Å². The largest absolute Gasteiger partial charge is 0.459 e. The van der Waals surface area contributed by atoms with E-state index in [2.05, 4.69) is 10.6 Å². The average Bonchev–Trinajstić information content (AvgIpc) is 3.12. The number of nitrogens with one attached hydrogen (secondary N) is 2. The van der Waals surface area contributed by atoms with Crippen molar-refractivity contribution in [2.45, 2.75) is 31.7 Å². The van der Waals surface area contributed by atoms with E-state index in [4.69, 9.17) is 4.42 Å². The summed E-state index contributed by atoms with van der Waals surface area (Å²) in [5, 5.41) is 8.82. The predicted octanol–water partition coefficient (Wildman–Crippen LogP) is 3.20. The van der Waals surface area contributed by atoms with Crippen LogP contribution in [0.25, 0.3) is 0 Å². The molecule has 0 radical (unpaired) electrons. The molecule has 2 N–H and O–H groups in total. The van der Waals surface area contributed by atoms with Gasteiger partial charge in [-0.05, 0) is 61.7 Å². The third kappa shape index (κ3) is 3.99. The minimum absolute atomic E-state index is 0.0124. The second-order valence-electron chi connectivity index (χ2n) is 7.01. The van der Waals surface area contributed by atoms with E-state index in [9.17, 15) is 9.59 Å². The highest BCUT2D eigenvalue weighted by Crippen LogP contribution is 2.29. The van der Waals surface area contributed by atoms with Crippen LogP contribution in [0.15, 0.2) is 34.3 Å². The van der Waals surface area contributed by atoms with E-state index >= 15 is 0 Å². The first-order valence-electron chi connectivity index (χ1n) is 9.15. The molecule has 2 aromatic rings. The Balaban J connectivity index is 1.33. The lowest BCUT2D eigenvalue weighted by Gasteiger charge is -2.32. The number of anilines is 1. The van der Waals surface area contributed by atoms with E-state index in [-0.39, 0.29) is 17.6 Å². The lowest BCUT2D eigenvalue weighted by molar-refractivity contribution is 0.0706. The highest BCUT2D eigenvalue weighted by atomic mass is 32.1. The third-order valence-corrected chi connectivity index (χ3v) is 5.87. The molecule has 1 aliphatic carbocycles. The molecular weight excluding hydrogens is 350 g/mol. The molecule has 2 aliphatic rings. The van der Waals surface area contributed by atoms with Crippen molar-refractivity contribution in [3.63, 3.8) is 0 Å². The van der Waals surface area contributed by atoms with Gasteiger partial charge in [0.05, 0.1) is 11.8 Å². The SMILES string of the molecule is O=C(Nc1sccc1C(=O)N1CCC(NCC2CC2)CC1)c1ccco1. The van der Waals surface area contributed by atoms with Gasteiger partial charge in [-0.2, -0.15) is 0 Å². The Morgan fingerprint density at radius 1 is 1.19 bits per heavy atom. The van der Waals surface area contributed by atoms with E-state index in [0.717, 1.165) is 38.4 Å². The van der Waals surface area contributed by atoms with E-state index < -0.39 is 0 Å². The minimum Gasteiger partial charge on any atom is -0.459 e. The van der Waals surface area contributed by atoms with Gasteiger partial charge < -0.3 is 20.0 Å². The Hall–Kier alpha value is -2.12. The molecule has 4 rings (SSSR count). The van der Waals surface area contributed by atoms with Crippen molar-refractivity contribution in [3.8, 4) is 0 Å². The highest BCUT2D eigenvalue weighted by Gasteiger charge is 2.28. The van der Waals surface area contributed by atoms with Crippen molar-refractivity contribution in [3.05, 3.63) is 41.2 Å². The van der Waals surface area contributed by atoms with Crippen LogP contribution in [0.3, 0.4) is 0 Å². The molecule has 0 atom stereocenters. The Kier molecular flexibility index (Phi) is 5.08. The van der Waals surface area contributed by atoms with Crippen molar-refractivity contribution >= 4 is 28.2 Å². The topological polar surface area (TPSA) is 74.6 Å². The smallest absolute Gasteiger partial charge is 0.291 e. The number of amides is 2. The molecule has 6 nitrogen and oxygen atoms in total. The van der Waals surface area contributed by atoms with Crippen LogP contribution in [0.2, 0.25) is 0 Å². The predicted molar refractivity (Wildman–Crippen MR) is 101 cm³/mol. The highest BCUT2D eigenvalue weighted by molar-refractivity contribution is 7.14. The van der Waals surface area contributed by atoms with Crippen LogP contribution in [0.1, 0.15) is 46.6 Å². The van der Waals surface area contributed by atoms with Crippen LogP contribution in [-0.2, 0) is 0 Å². The molecule has 138 valence electrons. The second-order valence-corrected chi connectivity index (χ2v) is 7.93. The van der Waals surface area contributed by atoms with Gasteiger partial charge >= 0.3 is 0 Å². The van der Waals surface area contributed by atoms with Crippen LogP contribution in [0.4, 0.5) is 5.00 Å². The molecule has 0 spiro atoms. The van der Waals surface area contributed by atoms with E-state index in [0.29, 0.717) is 16.6 Å². The summed E-state index contributed by atoms with van der Waals surface area (Å²) in [6, 6.07) is 5.56. The Morgan fingerprint density at radius 2 is 2.00 bits per heavy atom. The van der Waals surface area contributed by atoms with Crippen molar-refractivity contribution in [2.24, 2.45) is 5.92 Å². The van der Waals surface area contributed by atoms with Crippen LogP contribution < -0.4 is 10.6 Å². The summed E-state index contributed by atoms with van der Waals surface area (Å²) in [6.07, 6.45) is 6.13. The van der Waals surface area contributed by atoms with Gasteiger partial charge in [0.1, 0.15) is 5.00 Å². The number of rotatable bonds is 6. The third-order valence-electron chi connectivity index (χ3n) is 5.04. The number of likely N-dealkylation sites (tertiary alicyclic amines) is 1. The molecule has 1 saturated carbocycles. The molecule has 26 heavy (non-hydrogen) atoms. The summed E-state index contributed by atoms with van der Waals surface area (Å²) in [5.41, 5.74) is 0.555. The number of carbonyl (C=O) groups excluding carboxylic acids is 2. The van der Waals surface area contributed by atoms with Crippen LogP contribution >= 0.6 is 11.3 Å². The van der Waals surface area contributed by atoms with Crippen LogP contribution in [0, 0.1) is 5.92 Å². The number of thiophene rings is 1. The molecule has 2 aromatic heterocycles. The summed E-state index contributed by atoms with van der Waals surface area (Å²) in [6.45, 7) is 2.62. The fraction of sp³-hybridized carbons (Fsp3) is 0.474. The van der Waals surface area contributed by atoms with Gasteiger partial charge in [-0.1, -0.05) is 0 Å². The Bertz CT molecular complexity index is 759. The lowest BCUT2D eigenvalue weighted by atomic mass is 10.0. The molecule has 0 bridgehead atoms. The maximum atomic E-state index is 12.9. The molecule has 7 heteroatoms. The maximum absolute atomic E-state index is 12.9. The lowest BCUT2D eigenvalue weighted by Crippen LogP contribution is -2.45. The zero-order valence-corrected chi connectivity index (χ0v) is 15.4. The molecule has 0 aromatic carbocycles. The molecule has 3 heterocycles. The van der Waals surface area contributed by atoms with Crippen LogP contribution in [-0.4, -0.2) is 42.4 Å². The summed E-state index contributed by atoms with van der Waals surface area (Å²) in [7, 11) is 0. The zero-order chi connectivity index (χ0) is 17.9. The average molecular weight is 373 g/mol. The molecule has 1 aliphatic heterocycles. The van der Waals surface area contributed by atoms with Gasteiger partial charge in [-0.15, -0.1) is 11.3 Å². The quantitative estimate of drug-likeness (QED) is 0.815. The summed E-state index contributed by atoms with van der Waals surface area (Å²) < 4.78 is 5.11. The van der Waals surface area contributed by atoms with Crippen molar-refractivity contribution in [2.75, 3.05) is 25.0 Å². The molecule has 1 saturated heterocycles. The van der Waals surface area contributed by atoms with E-state index in [1.165, 1.54) is 30.4 Å². The van der Waals surface area contributed by atoms with E-state index in [1.807, 2.05) is 10.3 Å². The monoisotopic (exact) mass is 373 g/mol. The van der Waals surface area contributed by atoms with E-state index in [1.54, 1.807) is 18.2 Å².